The van der Waals surface area contributed by atoms with Gasteiger partial charge in [-0.25, -0.2) is 4.98 Å². The van der Waals surface area contributed by atoms with Crippen LogP contribution in [0.25, 0.3) is 0 Å². The fourth-order valence-electron chi connectivity index (χ4n) is 4.40. The quantitative estimate of drug-likeness (QED) is 0.380. The van der Waals surface area contributed by atoms with Crippen molar-refractivity contribution in [2.75, 3.05) is 31.6 Å². The summed E-state index contributed by atoms with van der Waals surface area (Å²) in [6.07, 6.45) is 9.09. The van der Waals surface area contributed by atoms with E-state index in [0.29, 0.717) is 19.1 Å². The molecule has 180 valence electrons. The van der Waals surface area contributed by atoms with Crippen molar-refractivity contribution >= 4 is 5.95 Å². The van der Waals surface area contributed by atoms with E-state index in [1.807, 2.05) is 24.3 Å². The van der Waals surface area contributed by atoms with Crippen molar-refractivity contribution < 1.29 is 4.74 Å². The molecule has 1 fully saturated rings. The molecule has 0 radical (unpaired) electrons. The van der Waals surface area contributed by atoms with Gasteiger partial charge >= 0.3 is 0 Å². The van der Waals surface area contributed by atoms with Gasteiger partial charge in [0.15, 0.2) is 0 Å². The third-order valence-corrected chi connectivity index (χ3v) is 6.26. The number of nitrogens with one attached hydrogen (secondary N) is 2. The molecule has 0 saturated carbocycles. The number of aromatic amines is 1. The summed E-state index contributed by atoms with van der Waals surface area (Å²) >= 11 is 0. The number of aryl methyl sites for hydroxylation is 2. The third kappa shape index (κ3) is 7.73. The van der Waals surface area contributed by atoms with Gasteiger partial charge in [0.2, 0.25) is 5.95 Å². The Bertz CT molecular complexity index is 1060. The first-order valence-electron chi connectivity index (χ1n) is 12.6. The summed E-state index contributed by atoms with van der Waals surface area (Å²) in [4.78, 5) is 22.1. The Morgan fingerprint density at radius 1 is 0.941 bits per heavy atom. The fraction of sp³-hybridized carbons (Fsp3) is 0.429. The van der Waals surface area contributed by atoms with Crippen LogP contribution in [0.4, 0.5) is 5.95 Å². The Hall–Kier alpha value is -3.12. The van der Waals surface area contributed by atoms with Crippen LogP contribution in [-0.4, -0.2) is 41.1 Å². The van der Waals surface area contributed by atoms with Gasteiger partial charge < -0.3 is 10.1 Å². The van der Waals surface area contributed by atoms with E-state index < -0.39 is 0 Å². The first-order valence-corrected chi connectivity index (χ1v) is 12.6. The summed E-state index contributed by atoms with van der Waals surface area (Å²) in [5, 5.41) is 3.19. The van der Waals surface area contributed by atoms with Crippen LogP contribution in [0.5, 0.6) is 5.75 Å². The summed E-state index contributed by atoms with van der Waals surface area (Å²) in [6.45, 7) is 4.69. The number of hydrogen-bond donors (Lipinski definition) is 2. The van der Waals surface area contributed by atoms with E-state index in [1.54, 1.807) is 6.20 Å². The van der Waals surface area contributed by atoms with Crippen LogP contribution in [0, 0.1) is 0 Å². The second-order valence-electron chi connectivity index (χ2n) is 9.04. The largest absolute Gasteiger partial charge is 0.494 e. The molecule has 1 aliphatic heterocycles. The molecule has 6 heteroatoms. The first kappa shape index (κ1) is 24.0. The Morgan fingerprint density at radius 2 is 1.76 bits per heavy atom. The predicted octanol–water partition coefficient (Wildman–Crippen LogP) is 4.81. The van der Waals surface area contributed by atoms with Gasteiger partial charge in [-0.05, 0) is 74.9 Å². The van der Waals surface area contributed by atoms with E-state index in [4.69, 9.17) is 4.74 Å². The van der Waals surface area contributed by atoms with Gasteiger partial charge in [0, 0.05) is 24.8 Å². The fourth-order valence-corrected chi connectivity index (χ4v) is 4.40. The van der Waals surface area contributed by atoms with Crippen LogP contribution in [0.2, 0.25) is 0 Å². The summed E-state index contributed by atoms with van der Waals surface area (Å²) in [7, 11) is 0. The molecule has 2 aromatic carbocycles. The Balaban J connectivity index is 1.14. The van der Waals surface area contributed by atoms with E-state index in [2.05, 4.69) is 50.5 Å². The second-order valence-corrected chi connectivity index (χ2v) is 9.04. The first-order chi connectivity index (χ1) is 16.8. The zero-order valence-corrected chi connectivity index (χ0v) is 20.0. The zero-order chi connectivity index (χ0) is 23.4. The molecule has 3 aromatic rings. The molecular weight excluding hydrogens is 424 g/mol. The maximum Gasteiger partial charge on any atom is 0.255 e. The number of nitrogens with zero attached hydrogens (tertiary/aromatic N) is 2. The Labute approximate surface area is 202 Å². The highest BCUT2D eigenvalue weighted by Gasteiger charge is 2.10. The number of H-pyrrole nitrogens is 1. The molecule has 1 aliphatic rings. The van der Waals surface area contributed by atoms with E-state index in [-0.39, 0.29) is 5.56 Å². The van der Waals surface area contributed by atoms with Gasteiger partial charge in [0.1, 0.15) is 5.75 Å². The number of anilines is 1. The van der Waals surface area contributed by atoms with Gasteiger partial charge in [-0.15, -0.1) is 0 Å². The second kappa shape index (κ2) is 12.9. The number of likely N-dealkylation sites (tertiary alicyclic amines) is 1. The number of rotatable bonds is 12. The van der Waals surface area contributed by atoms with Crippen LogP contribution in [-0.2, 0) is 19.4 Å². The third-order valence-electron chi connectivity index (χ3n) is 6.26. The van der Waals surface area contributed by atoms with E-state index >= 15 is 0 Å². The lowest BCUT2D eigenvalue weighted by molar-refractivity contribution is 0.220. The monoisotopic (exact) mass is 460 g/mol. The molecule has 0 amide bonds. The topological polar surface area (TPSA) is 70.2 Å². The van der Waals surface area contributed by atoms with Gasteiger partial charge in [0.25, 0.3) is 5.56 Å². The SMILES string of the molecule is O=c1[nH]c(NCCCOc2cccc(CN3CCCCC3)c2)ncc1CCCc1ccccc1. The highest BCUT2D eigenvalue weighted by atomic mass is 16.5. The average molecular weight is 461 g/mol. The molecule has 0 unspecified atom stereocenters. The number of ether oxygens (including phenoxy) is 1. The molecule has 2 N–H and O–H groups in total. The minimum atomic E-state index is -0.0627. The van der Waals surface area contributed by atoms with Crippen molar-refractivity contribution in [3.63, 3.8) is 0 Å². The smallest absolute Gasteiger partial charge is 0.255 e. The molecule has 0 aliphatic carbocycles. The van der Waals surface area contributed by atoms with Gasteiger partial charge in [-0.2, -0.15) is 0 Å². The average Bonchev–Trinajstić information content (AvgIpc) is 2.87. The lowest BCUT2D eigenvalue weighted by Gasteiger charge is -2.26. The maximum absolute atomic E-state index is 12.4. The lowest BCUT2D eigenvalue weighted by Crippen LogP contribution is -2.29. The number of hydrogen-bond acceptors (Lipinski definition) is 5. The number of piperidine rings is 1. The highest BCUT2D eigenvalue weighted by molar-refractivity contribution is 5.29. The lowest BCUT2D eigenvalue weighted by atomic mass is 10.1. The molecule has 1 aromatic heterocycles. The zero-order valence-electron chi connectivity index (χ0n) is 20.0. The van der Waals surface area contributed by atoms with Crippen molar-refractivity contribution in [1.82, 2.24) is 14.9 Å². The standard InChI is InChI=1S/C28H36N4O2/c33-27-25(14-7-12-23-10-3-1-4-11-23)21-30-28(31-27)29-16-9-19-34-26-15-8-13-24(20-26)22-32-17-5-2-6-18-32/h1,3-4,8,10-11,13,15,20-21H,2,5-7,9,12,14,16-19,22H2,(H2,29,30,31,33). The van der Waals surface area contributed by atoms with Crippen molar-refractivity contribution in [2.24, 2.45) is 0 Å². The summed E-state index contributed by atoms with van der Waals surface area (Å²) in [5.74, 6) is 1.43. The van der Waals surface area contributed by atoms with Crippen LogP contribution < -0.4 is 15.6 Å². The maximum atomic E-state index is 12.4. The summed E-state index contributed by atoms with van der Waals surface area (Å²) < 4.78 is 5.95. The van der Waals surface area contributed by atoms with Crippen molar-refractivity contribution in [3.05, 3.63) is 87.8 Å². The minimum absolute atomic E-state index is 0.0627. The van der Waals surface area contributed by atoms with Crippen LogP contribution in [0.3, 0.4) is 0 Å². The summed E-state index contributed by atoms with van der Waals surface area (Å²) in [5.41, 5.74) is 3.27. The molecule has 0 spiro atoms. The molecule has 4 rings (SSSR count). The van der Waals surface area contributed by atoms with E-state index in [1.165, 1.54) is 43.5 Å². The minimum Gasteiger partial charge on any atom is -0.494 e. The van der Waals surface area contributed by atoms with E-state index in [9.17, 15) is 4.79 Å². The predicted molar refractivity (Wildman–Crippen MR) is 137 cm³/mol. The van der Waals surface area contributed by atoms with E-state index in [0.717, 1.165) is 43.5 Å². The van der Waals surface area contributed by atoms with Gasteiger partial charge in [0.05, 0.1) is 6.61 Å². The Kier molecular flexibility index (Phi) is 9.14. The highest BCUT2D eigenvalue weighted by Crippen LogP contribution is 2.17. The molecule has 1 saturated heterocycles. The van der Waals surface area contributed by atoms with Crippen LogP contribution in [0.1, 0.15) is 48.8 Å². The number of benzene rings is 2. The van der Waals surface area contributed by atoms with Gasteiger partial charge in [-0.3, -0.25) is 14.7 Å². The number of aromatic nitrogens is 2. The summed E-state index contributed by atoms with van der Waals surface area (Å²) in [6, 6.07) is 18.8. The van der Waals surface area contributed by atoms with Crippen molar-refractivity contribution in [1.29, 1.82) is 0 Å². The molecule has 2 heterocycles. The van der Waals surface area contributed by atoms with Gasteiger partial charge in [-0.1, -0.05) is 48.9 Å². The molecular formula is C28H36N4O2. The van der Waals surface area contributed by atoms with Crippen molar-refractivity contribution in [3.8, 4) is 5.75 Å². The Morgan fingerprint density at radius 3 is 2.59 bits per heavy atom. The van der Waals surface area contributed by atoms with Crippen molar-refractivity contribution in [2.45, 2.75) is 51.5 Å². The normalized spacial score (nSPS) is 14.1. The van der Waals surface area contributed by atoms with Crippen LogP contribution in [0.15, 0.2) is 65.6 Å². The molecule has 6 nitrogen and oxygen atoms in total. The molecule has 0 atom stereocenters. The molecule has 0 bridgehead atoms. The molecule has 34 heavy (non-hydrogen) atoms. The van der Waals surface area contributed by atoms with Crippen LogP contribution >= 0.6 is 0 Å².